The molecule has 4 aromatic rings. The van der Waals surface area contributed by atoms with Crippen LogP contribution < -0.4 is 25.4 Å². The number of nitrogens with one attached hydrogen (secondary N) is 1. The van der Waals surface area contributed by atoms with Crippen LogP contribution in [0.2, 0.25) is 0 Å². The van der Waals surface area contributed by atoms with Crippen molar-refractivity contribution in [2.75, 3.05) is 36.5 Å². The summed E-state index contributed by atoms with van der Waals surface area (Å²) in [6, 6.07) is 19.5. The van der Waals surface area contributed by atoms with Crippen molar-refractivity contribution < 1.29 is 14.3 Å². The number of halogens is 1. The molecule has 2 aromatic carbocycles. The highest BCUT2D eigenvalue weighted by Gasteiger charge is 2.45. The van der Waals surface area contributed by atoms with Crippen LogP contribution in [-0.2, 0) is 16.1 Å². The molecule has 0 spiro atoms. The van der Waals surface area contributed by atoms with Gasteiger partial charge in [0.2, 0.25) is 11.8 Å². The van der Waals surface area contributed by atoms with Crippen molar-refractivity contribution in [3.8, 4) is 5.75 Å². The van der Waals surface area contributed by atoms with E-state index in [9.17, 15) is 14.4 Å². The van der Waals surface area contributed by atoms with Crippen LogP contribution in [0.15, 0.2) is 77.0 Å². The number of aryl methyl sites for hydroxylation is 1. The van der Waals surface area contributed by atoms with Crippen molar-refractivity contribution in [2.24, 2.45) is 5.41 Å². The minimum atomic E-state index is -1.14. The second-order valence-electron chi connectivity index (χ2n) is 11.1. The summed E-state index contributed by atoms with van der Waals surface area (Å²) in [6.45, 7) is 7.59. The van der Waals surface area contributed by atoms with E-state index in [4.69, 9.17) is 4.74 Å². The third kappa shape index (κ3) is 6.64. The van der Waals surface area contributed by atoms with Crippen LogP contribution >= 0.6 is 23.7 Å². The second kappa shape index (κ2) is 13.8. The quantitative estimate of drug-likeness (QED) is 0.163. The number of carbonyl (C=O) groups is 2. The number of hydrogen-bond donors (Lipinski definition) is 1. The summed E-state index contributed by atoms with van der Waals surface area (Å²) in [5.74, 6) is 0.213. The molecule has 3 heterocycles. The maximum atomic E-state index is 13.1. The van der Waals surface area contributed by atoms with Gasteiger partial charge < -0.3 is 24.4 Å². The molecule has 0 radical (unpaired) electrons. The van der Waals surface area contributed by atoms with Crippen molar-refractivity contribution in [3.05, 3.63) is 87.5 Å². The van der Waals surface area contributed by atoms with Crippen molar-refractivity contribution in [3.63, 3.8) is 0 Å². The van der Waals surface area contributed by atoms with E-state index in [-0.39, 0.29) is 35.8 Å². The Morgan fingerprint density at radius 3 is 2.51 bits per heavy atom. The fourth-order valence-electron chi connectivity index (χ4n) is 5.52. The number of aromatic nitrogens is 1. The minimum Gasteiger partial charge on any atom is -0.493 e. The van der Waals surface area contributed by atoms with Gasteiger partial charge in [0.05, 0.1) is 18.0 Å². The third-order valence-electron chi connectivity index (χ3n) is 7.95. The number of carbonyl (C=O) groups excluding carboxylic acids is 2. The van der Waals surface area contributed by atoms with E-state index < -0.39 is 5.41 Å². The van der Waals surface area contributed by atoms with Gasteiger partial charge in [0.25, 0.3) is 5.56 Å². The molecule has 8 nitrogen and oxygen atoms in total. The molecule has 0 aliphatic carbocycles. The number of fused-ring (bicyclic) bond motifs is 2. The molecule has 0 saturated heterocycles. The first-order valence-electron chi connectivity index (χ1n) is 14.4. The number of benzene rings is 2. The lowest BCUT2D eigenvalue weighted by Gasteiger charge is -2.27. The number of thiophene rings is 1. The standard InChI is InChI=1S/C33H38N4O4S.ClH/c1-5-37-27-14-13-24(22-28(27)35(4)31(39)33(2,3)32(37)40)41-20-9-17-34-26(29-12-8-21-42-29)16-19-36-18-15-23-10-6-7-11-25(23)30(36)38;/h6-8,10-15,18,21-22,26,34H,5,9,16-17,19-20H2,1-4H3;1H. The first kappa shape index (κ1) is 32.3. The van der Waals surface area contributed by atoms with Gasteiger partial charge in [-0.15, -0.1) is 23.7 Å². The fourth-order valence-corrected chi connectivity index (χ4v) is 6.35. The second-order valence-corrected chi connectivity index (χ2v) is 12.1. The summed E-state index contributed by atoms with van der Waals surface area (Å²) in [5, 5.41) is 7.42. The van der Waals surface area contributed by atoms with Crippen LogP contribution in [0.3, 0.4) is 0 Å². The Kier molecular flexibility index (Phi) is 10.3. The number of amides is 2. The molecular weight excluding hydrogens is 584 g/mol. The molecule has 1 N–H and O–H groups in total. The lowest BCUT2D eigenvalue weighted by Crippen LogP contribution is -2.47. The van der Waals surface area contributed by atoms with Crippen LogP contribution in [0.5, 0.6) is 5.75 Å². The predicted molar refractivity (Wildman–Crippen MR) is 177 cm³/mol. The molecule has 1 aliphatic heterocycles. The third-order valence-corrected chi connectivity index (χ3v) is 8.93. The van der Waals surface area contributed by atoms with Crippen molar-refractivity contribution in [2.45, 2.75) is 46.2 Å². The molecule has 2 amide bonds. The van der Waals surface area contributed by atoms with Gasteiger partial charge in [-0.2, -0.15) is 0 Å². The van der Waals surface area contributed by atoms with Crippen molar-refractivity contribution >= 4 is 57.7 Å². The summed E-state index contributed by atoms with van der Waals surface area (Å²) < 4.78 is 7.87. The molecule has 1 unspecified atom stereocenters. The SMILES string of the molecule is CCN1C(=O)C(C)(C)C(=O)N(C)c2cc(OCCCNC(CCn3ccc4ccccc4c3=O)c3cccs3)ccc21.Cl. The number of hydrogen-bond acceptors (Lipinski definition) is 6. The Hall–Kier alpha value is -3.66. The average Bonchev–Trinajstić information content (AvgIpc) is 3.53. The lowest BCUT2D eigenvalue weighted by atomic mass is 9.90. The van der Waals surface area contributed by atoms with Crippen molar-refractivity contribution in [1.29, 1.82) is 0 Å². The fraction of sp³-hybridized carbons (Fsp3) is 0.364. The van der Waals surface area contributed by atoms with E-state index in [2.05, 4.69) is 22.8 Å². The first-order valence-corrected chi connectivity index (χ1v) is 15.3. The van der Waals surface area contributed by atoms with Gasteiger partial charge in [-0.1, -0.05) is 24.3 Å². The maximum absolute atomic E-state index is 13.1. The molecule has 0 saturated carbocycles. The molecular formula is C33H39ClN4O4S. The minimum absolute atomic E-state index is 0. The Balaban J connectivity index is 0.00000423. The molecule has 5 rings (SSSR count). The van der Waals surface area contributed by atoms with Gasteiger partial charge in [-0.25, -0.2) is 0 Å². The monoisotopic (exact) mass is 622 g/mol. The number of ether oxygens (including phenoxy) is 1. The van der Waals surface area contributed by atoms with Gasteiger partial charge in [0.15, 0.2) is 0 Å². The van der Waals surface area contributed by atoms with Crippen LogP contribution in [0.1, 0.15) is 44.5 Å². The number of rotatable bonds is 11. The van der Waals surface area contributed by atoms with Crippen LogP contribution in [-0.4, -0.2) is 43.1 Å². The average molecular weight is 623 g/mol. The smallest absolute Gasteiger partial charge is 0.258 e. The number of pyridine rings is 1. The highest BCUT2D eigenvalue weighted by atomic mass is 35.5. The lowest BCUT2D eigenvalue weighted by molar-refractivity contribution is -0.137. The molecule has 0 fully saturated rings. The largest absolute Gasteiger partial charge is 0.493 e. The summed E-state index contributed by atoms with van der Waals surface area (Å²) in [7, 11) is 1.71. The van der Waals surface area contributed by atoms with E-state index in [1.165, 1.54) is 4.88 Å². The number of anilines is 2. The van der Waals surface area contributed by atoms with Gasteiger partial charge in [-0.3, -0.25) is 14.4 Å². The zero-order valence-corrected chi connectivity index (χ0v) is 26.7. The van der Waals surface area contributed by atoms with E-state index in [1.54, 1.807) is 46.6 Å². The molecule has 1 aliphatic rings. The van der Waals surface area contributed by atoms with Crippen LogP contribution in [0.4, 0.5) is 11.4 Å². The van der Waals surface area contributed by atoms with E-state index in [0.717, 1.165) is 30.2 Å². The zero-order valence-electron chi connectivity index (χ0n) is 25.0. The molecule has 0 bridgehead atoms. The first-order chi connectivity index (χ1) is 20.2. The Morgan fingerprint density at radius 1 is 0.977 bits per heavy atom. The predicted octanol–water partition coefficient (Wildman–Crippen LogP) is 6.03. The van der Waals surface area contributed by atoms with E-state index in [0.29, 0.717) is 36.8 Å². The molecule has 1 atom stereocenters. The van der Waals surface area contributed by atoms with Crippen LogP contribution in [0, 0.1) is 5.41 Å². The summed E-state index contributed by atoms with van der Waals surface area (Å²) in [6.07, 6.45) is 3.44. The summed E-state index contributed by atoms with van der Waals surface area (Å²) >= 11 is 1.71. The van der Waals surface area contributed by atoms with Gasteiger partial charge in [0, 0.05) is 48.7 Å². The highest BCUT2D eigenvalue weighted by molar-refractivity contribution is 7.10. The van der Waals surface area contributed by atoms with E-state index >= 15 is 0 Å². The molecule has 43 heavy (non-hydrogen) atoms. The Bertz CT molecular complexity index is 1640. The van der Waals surface area contributed by atoms with E-state index in [1.807, 2.05) is 61.7 Å². The van der Waals surface area contributed by atoms with Gasteiger partial charge in [0.1, 0.15) is 11.2 Å². The van der Waals surface area contributed by atoms with Crippen molar-refractivity contribution in [1.82, 2.24) is 9.88 Å². The molecule has 2 aromatic heterocycles. The normalized spacial score (nSPS) is 15.2. The Labute approximate surface area is 262 Å². The number of nitrogens with zero attached hydrogens (tertiary/aromatic N) is 3. The zero-order chi connectivity index (χ0) is 29.9. The maximum Gasteiger partial charge on any atom is 0.258 e. The molecule has 228 valence electrons. The van der Waals surface area contributed by atoms with Gasteiger partial charge >= 0.3 is 0 Å². The topological polar surface area (TPSA) is 83.9 Å². The highest BCUT2D eigenvalue weighted by Crippen LogP contribution is 2.40. The molecule has 10 heteroatoms. The Morgan fingerprint density at radius 2 is 1.77 bits per heavy atom. The summed E-state index contributed by atoms with van der Waals surface area (Å²) in [5.41, 5.74) is 0.271. The summed E-state index contributed by atoms with van der Waals surface area (Å²) in [4.78, 5) is 43.7. The van der Waals surface area contributed by atoms with Crippen LogP contribution in [0.25, 0.3) is 10.8 Å². The van der Waals surface area contributed by atoms with Gasteiger partial charge in [-0.05, 0) is 81.3 Å².